The van der Waals surface area contributed by atoms with Gasteiger partial charge in [-0.05, 0) is 12.1 Å². The molecule has 2 heterocycles. The summed E-state index contributed by atoms with van der Waals surface area (Å²) in [5.74, 6) is 0.548. The van der Waals surface area contributed by atoms with Crippen molar-refractivity contribution in [2.75, 3.05) is 48.9 Å². The number of carbonyl (C=O) groups is 2. The molecule has 0 bridgehead atoms. The largest absolute Gasteiger partial charge is 0.378 e. The summed E-state index contributed by atoms with van der Waals surface area (Å²) in [7, 11) is 1.74. The van der Waals surface area contributed by atoms with Crippen LogP contribution in [0, 0.1) is 0 Å². The maximum absolute atomic E-state index is 12.9. The van der Waals surface area contributed by atoms with Crippen molar-refractivity contribution < 1.29 is 14.3 Å². The van der Waals surface area contributed by atoms with Crippen molar-refractivity contribution in [1.29, 1.82) is 0 Å². The highest BCUT2D eigenvalue weighted by atomic mass is 16.5. The molecule has 4 rings (SSSR count). The van der Waals surface area contributed by atoms with E-state index in [0.717, 1.165) is 0 Å². The molecular formula is C23H23N5O3. The van der Waals surface area contributed by atoms with Crippen LogP contribution in [0.5, 0.6) is 0 Å². The van der Waals surface area contributed by atoms with Crippen LogP contribution in [0.1, 0.15) is 26.4 Å². The lowest BCUT2D eigenvalue weighted by Gasteiger charge is -2.27. The van der Waals surface area contributed by atoms with E-state index < -0.39 is 0 Å². The number of nitrogens with zero attached hydrogens (tertiary/aromatic N) is 3. The Kier molecular flexibility index (Phi) is 6.18. The zero-order valence-electron chi connectivity index (χ0n) is 17.2. The van der Waals surface area contributed by atoms with Crippen LogP contribution in [-0.2, 0) is 4.74 Å². The highest BCUT2D eigenvalue weighted by molar-refractivity contribution is 6.10. The molecule has 2 N–H and O–H groups in total. The second-order valence-electron chi connectivity index (χ2n) is 7.02. The molecule has 0 aliphatic carbocycles. The lowest BCUT2D eigenvalue weighted by Crippen LogP contribution is -2.37. The summed E-state index contributed by atoms with van der Waals surface area (Å²) in [6.07, 6.45) is 0. The molecule has 158 valence electrons. The fourth-order valence-electron chi connectivity index (χ4n) is 3.27. The topological polar surface area (TPSA) is 96.5 Å². The van der Waals surface area contributed by atoms with Crippen LogP contribution in [0.4, 0.5) is 17.5 Å². The first kappa shape index (κ1) is 20.5. The predicted octanol–water partition coefficient (Wildman–Crippen LogP) is 2.84. The average molecular weight is 417 g/mol. The highest BCUT2D eigenvalue weighted by Crippen LogP contribution is 2.18. The Morgan fingerprint density at radius 1 is 0.935 bits per heavy atom. The maximum Gasteiger partial charge on any atom is 0.274 e. The summed E-state index contributed by atoms with van der Waals surface area (Å²) in [5, 5.41) is 5.81. The molecule has 1 aliphatic heterocycles. The second-order valence-corrected chi connectivity index (χ2v) is 7.02. The van der Waals surface area contributed by atoms with Gasteiger partial charge in [-0.3, -0.25) is 9.59 Å². The van der Waals surface area contributed by atoms with Gasteiger partial charge in [-0.25, -0.2) is 4.98 Å². The van der Waals surface area contributed by atoms with E-state index in [-0.39, 0.29) is 17.4 Å². The minimum atomic E-state index is -0.377. The van der Waals surface area contributed by atoms with Crippen molar-refractivity contribution in [3.63, 3.8) is 0 Å². The standard InChI is InChI=1S/C23H23N5O3/c1-24-20-15-19(26-23(27-20)28-10-12-31-13-11-28)22(30)25-18-9-5-8-17(14-18)21(29)16-6-3-2-4-7-16/h2-9,14-15H,10-13H2,1H3,(H,25,30)(H,24,26,27). The first-order chi connectivity index (χ1) is 15.1. The van der Waals surface area contributed by atoms with E-state index in [0.29, 0.717) is 54.9 Å². The molecule has 0 spiro atoms. The number of aromatic nitrogens is 2. The van der Waals surface area contributed by atoms with Crippen LogP contribution in [0.2, 0.25) is 0 Å². The fourth-order valence-corrected chi connectivity index (χ4v) is 3.27. The molecule has 0 radical (unpaired) electrons. The lowest BCUT2D eigenvalue weighted by atomic mass is 10.0. The zero-order valence-corrected chi connectivity index (χ0v) is 17.2. The lowest BCUT2D eigenvalue weighted by molar-refractivity contribution is 0.101. The molecule has 1 aliphatic rings. The summed E-state index contributed by atoms with van der Waals surface area (Å²) in [5.41, 5.74) is 1.84. The number of carbonyl (C=O) groups excluding carboxylic acids is 2. The fraction of sp³-hybridized carbons (Fsp3) is 0.217. The van der Waals surface area contributed by atoms with Gasteiger partial charge in [0.05, 0.1) is 13.2 Å². The van der Waals surface area contributed by atoms with Crippen molar-refractivity contribution in [3.05, 3.63) is 77.5 Å². The van der Waals surface area contributed by atoms with E-state index in [9.17, 15) is 9.59 Å². The highest BCUT2D eigenvalue weighted by Gasteiger charge is 2.18. The van der Waals surface area contributed by atoms with Crippen LogP contribution in [0.25, 0.3) is 0 Å². The Bertz CT molecular complexity index is 1080. The minimum Gasteiger partial charge on any atom is -0.378 e. The smallest absolute Gasteiger partial charge is 0.274 e. The van der Waals surface area contributed by atoms with Crippen molar-refractivity contribution in [1.82, 2.24) is 9.97 Å². The van der Waals surface area contributed by atoms with Crippen molar-refractivity contribution >= 4 is 29.1 Å². The van der Waals surface area contributed by atoms with Gasteiger partial charge in [0.25, 0.3) is 5.91 Å². The third-order valence-corrected chi connectivity index (χ3v) is 4.92. The molecule has 1 fully saturated rings. The van der Waals surface area contributed by atoms with Gasteiger partial charge in [0.1, 0.15) is 11.5 Å². The van der Waals surface area contributed by atoms with Gasteiger partial charge in [0.15, 0.2) is 5.78 Å². The summed E-state index contributed by atoms with van der Waals surface area (Å²) in [4.78, 5) is 36.5. The van der Waals surface area contributed by atoms with Crippen molar-refractivity contribution in [2.45, 2.75) is 0 Å². The van der Waals surface area contributed by atoms with E-state index in [1.54, 1.807) is 49.5 Å². The number of benzene rings is 2. The Morgan fingerprint density at radius 3 is 2.42 bits per heavy atom. The van der Waals surface area contributed by atoms with Crippen LogP contribution >= 0.6 is 0 Å². The quantitative estimate of drug-likeness (QED) is 0.595. The molecule has 3 aromatic rings. The number of ketones is 1. The molecule has 0 atom stereocenters. The summed E-state index contributed by atoms with van der Waals surface area (Å²) >= 11 is 0. The van der Waals surface area contributed by atoms with Gasteiger partial charge in [-0.1, -0.05) is 42.5 Å². The first-order valence-corrected chi connectivity index (χ1v) is 10.0. The summed E-state index contributed by atoms with van der Waals surface area (Å²) < 4.78 is 5.38. The Morgan fingerprint density at radius 2 is 1.68 bits per heavy atom. The molecular weight excluding hydrogens is 394 g/mol. The molecule has 2 aromatic carbocycles. The molecule has 0 saturated carbocycles. The predicted molar refractivity (Wildman–Crippen MR) is 119 cm³/mol. The SMILES string of the molecule is CNc1cc(C(=O)Nc2cccc(C(=O)c3ccccc3)c2)nc(N2CCOCC2)n1. The van der Waals surface area contributed by atoms with Gasteiger partial charge < -0.3 is 20.3 Å². The number of amides is 1. The average Bonchev–Trinajstić information content (AvgIpc) is 2.84. The Balaban J connectivity index is 1.55. The van der Waals surface area contributed by atoms with Gasteiger partial charge in [0, 0.05) is 43.0 Å². The van der Waals surface area contributed by atoms with Gasteiger partial charge in [-0.2, -0.15) is 4.98 Å². The third-order valence-electron chi connectivity index (χ3n) is 4.92. The molecule has 1 amide bonds. The van der Waals surface area contributed by atoms with E-state index in [1.165, 1.54) is 0 Å². The maximum atomic E-state index is 12.9. The number of morpholine rings is 1. The van der Waals surface area contributed by atoms with Gasteiger partial charge in [0.2, 0.25) is 5.95 Å². The minimum absolute atomic E-state index is 0.106. The van der Waals surface area contributed by atoms with E-state index in [4.69, 9.17) is 4.74 Å². The van der Waals surface area contributed by atoms with Gasteiger partial charge in [-0.15, -0.1) is 0 Å². The second kappa shape index (κ2) is 9.36. The molecule has 0 unspecified atom stereocenters. The number of hydrogen-bond donors (Lipinski definition) is 2. The molecule has 1 aromatic heterocycles. The Labute approximate surface area is 180 Å². The molecule has 8 heteroatoms. The summed E-state index contributed by atoms with van der Waals surface area (Å²) in [6, 6.07) is 17.5. The number of hydrogen-bond acceptors (Lipinski definition) is 7. The van der Waals surface area contributed by atoms with Crippen molar-refractivity contribution in [2.24, 2.45) is 0 Å². The van der Waals surface area contributed by atoms with Crippen LogP contribution < -0.4 is 15.5 Å². The van der Waals surface area contributed by atoms with E-state index >= 15 is 0 Å². The van der Waals surface area contributed by atoms with Gasteiger partial charge >= 0.3 is 0 Å². The van der Waals surface area contributed by atoms with E-state index in [1.807, 2.05) is 23.1 Å². The first-order valence-electron chi connectivity index (χ1n) is 10.0. The number of nitrogens with one attached hydrogen (secondary N) is 2. The normalized spacial score (nSPS) is 13.5. The van der Waals surface area contributed by atoms with Crippen LogP contribution in [0.3, 0.4) is 0 Å². The number of rotatable bonds is 6. The van der Waals surface area contributed by atoms with Crippen LogP contribution in [0.15, 0.2) is 60.7 Å². The number of anilines is 3. The third kappa shape index (κ3) is 4.87. The molecule has 1 saturated heterocycles. The summed E-state index contributed by atoms with van der Waals surface area (Å²) in [6.45, 7) is 2.52. The monoisotopic (exact) mass is 417 g/mol. The zero-order chi connectivity index (χ0) is 21.6. The molecule has 8 nitrogen and oxygen atoms in total. The van der Waals surface area contributed by atoms with Crippen molar-refractivity contribution in [3.8, 4) is 0 Å². The Hall–Kier alpha value is -3.78. The van der Waals surface area contributed by atoms with E-state index in [2.05, 4.69) is 20.6 Å². The molecule has 31 heavy (non-hydrogen) atoms. The number of ether oxygens (including phenoxy) is 1. The van der Waals surface area contributed by atoms with Crippen LogP contribution in [-0.4, -0.2) is 55.0 Å².